The monoisotopic (exact) mass is 313 g/mol. The molecule has 0 aromatic heterocycles. The molecule has 0 rings (SSSR count). The number of hydrogen-bond donors (Lipinski definition) is 2. The highest BCUT2D eigenvalue weighted by atomic mass is 16.3. The van der Waals surface area contributed by atoms with E-state index in [0.717, 1.165) is 13.0 Å². The van der Waals surface area contributed by atoms with E-state index in [1.54, 1.807) is 0 Å². The maximum atomic E-state index is 9.36. The Morgan fingerprint density at radius 2 is 0.955 bits per heavy atom. The summed E-state index contributed by atoms with van der Waals surface area (Å²) in [5.41, 5.74) is 0. The van der Waals surface area contributed by atoms with E-state index in [1.165, 1.54) is 96.3 Å². The van der Waals surface area contributed by atoms with Crippen LogP contribution in [0.2, 0.25) is 0 Å². The Morgan fingerprint density at radius 3 is 1.32 bits per heavy atom. The second-order valence-electron chi connectivity index (χ2n) is 6.83. The van der Waals surface area contributed by atoms with Gasteiger partial charge in [0.15, 0.2) is 0 Å². The van der Waals surface area contributed by atoms with Crippen LogP contribution in [0.1, 0.15) is 117 Å². The Morgan fingerprint density at radius 1 is 0.591 bits per heavy atom. The first kappa shape index (κ1) is 21.9. The van der Waals surface area contributed by atoms with Crippen molar-refractivity contribution in [1.29, 1.82) is 0 Å². The highest BCUT2D eigenvalue weighted by Crippen LogP contribution is 2.13. The molecule has 2 heteroatoms. The predicted octanol–water partition coefficient (Wildman–Crippen LogP) is 6.18. The van der Waals surface area contributed by atoms with Gasteiger partial charge in [-0.15, -0.1) is 0 Å². The molecule has 0 aliphatic rings. The van der Waals surface area contributed by atoms with Crippen LogP contribution in [-0.4, -0.2) is 17.9 Å². The lowest BCUT2D eigenvalue weighted by molar-refractivity contribution is 0.133. The quantitative estimate of drug-likeness (QED) is 0.234. The van der Waals surface area contributed by atoms with Crippen LogP contribution in [0.4, 0.5) is 0 Å². The molecule has 0 radical (unpaired) electrons. The first-order valence-corrected chi connectivity index (χ1v) is 10.2. The van der Waals surface area contributed by atoms with Gasteiger partial charge in [-0.3, -0.25) is 5.32 Å². The van der Waals surface area contributed by atoms with Crippen molar-refractivity contribution in [2.24, 2.45) is 0 Å². The van der Waals surface area contributed by atoms with Crippen molar-refractivity contribution < 1.29 is 5.11 Å². The van der Waals surface area contributed by atoms with Crippen LogP contribution in [-0.2, 0) is 0 Å². The highest BCUT2D eigenvalue weighted by Gasteiger charge is 1.97. The van der Waals surface area contributed by atoms with Crippen molar-refractivity contribution in [3.63, 3.8) is 0 Å². The van der Waals surface area contributed by atoms with E-state index >= 15 is 0 Å². The molecule has 0 amide bonds. The van der Waals surface area contributed by atoms with Gasteiger partial charge in [-0.25, -0.2) is 0 Å². The number of hydrogen-bond acceptors (Lipinski definition) is 2. The molecule has 0 aliphatic heterocycles. The molecule has 0 aromatic carbocycles. The lowest BCUT2D eigenvalue weighted by atomic mass is 10.0. The maximum absolute atomic E-state index is 9.36. The Bertz CT molecular complexity index is 196. The second kappa shape index (κ2) is 19.0. The molecule has 22 heavy (non-hydrogen) atoms. The summed E-state index contributed by atoms with van der Waals surface area (Å²) in [6.07, 6.45) is 21.6. The van der Waals surface area contributed by atoms with E-state index in [1.807, 2.05) is 6.92 Å². The average molecular weight is 314 g/mol. The van der Waals surface area contributed by atoms with Crippen LogP contribution >= 0.6 is 0 Å². The molecule has 0 fully saturated rings. The van der Waals surface area contributed by atoms with E-state index in [4.69, 9.17) is 0 Å². The van der Waals surface area contributed by atoms with Crippen LogP contribution in [0.25, 0.3) is 0 Å². The van der Waals surface area contributed by atoms with Gasteiger partial charge in [0.05, 0.1) is 0 Å². The van der Waals surface area contributed by atoms with Gasteiger partial charge in [-0.2, -0.15) is 0 Å². The molecule has 1 unspecified atom stereocenters. The molecule has 134 valence electrons. The zero-order valence-electron chi connectivity index (χ0n) is 15.5. The second-order valence-corrected chi connectivity index (χ2v) is 6.83. The summed E-state index contributed by atoms with van der Waals surface area (Å²) < 4.78 is 0. The SMILES string of the molecule is CCCCCCCCCCCCCCCCCNC(O)CC. The fourth-order valence-electron chi connectivity index (χ4n) is 2.91. The van der Waals surface area contributed by atoms with Crippen LogP contribution in [0.15, 0.2) is 0 Å². The summed E-state index contributed by atoms with van der Waals surface area (Å²) in [4.78, 5) is 0. The van der Waals surface area contributed by atoms with Gasteiger partial charge in [0.1, 0.15) is 6.23 Å². The Kier molecular flexibility index (Phi) is 18.9. The fourth-order valence-corrected chi connectivity index (χ4v) is 2.91. The van der Waals surface area contributed by atoms with Gasteiger partial charge in [0, 0.05) is 0 Å². The van der Waals surface area contributed by atoms with Gasteiger partial charge in [-0.1, -0.05) is 104 Å². The summed E-state index contributed by atoms with van der Waals surface area (Å²) in [7, 11) is 0. The molecule has 0 bridgehead atoms. The molecular weight excluding hydrogens is 270 g/mol. The number of unbranched alkanes of at least 4 members (excludes halogenated alkanes) is 14. The lowest BCUT2D eigenvalue weighted by Gasteiger charge is -2.09. The zero-order valence-corrected chi connectivity index (χ0v) is 15.5. The van der Waals surface area contributed by atoms with E-state index in [0.29, 0.717) is 0 Å². The molecule has 0 heterocycles. The highest BCUT2D eigenvalue weighted by molar-refractivity contribution is 4.53. The van der Waals surface area contributed by atoms with E-state index < -0.39 is 0 Å². The normalized spacial score (nSPS) is 12.7. The van der Waals surface area contributed by atoms with Crippen molar-refractivity contribution in [3.8, 4) is 0 Å². The average Bonchev–Trinajstić information content (AvgIpc) is 2.54. The largest absolute Gasteiger partial charge is 0.379 e. The van der Waals surface area contributed by atoms with E-state index in [-0.39, 0.29) is 6.23 Å². The Balaban J connectivity index is 2.97. The van der Waals surface area contributed by atoms with Crippen LogP contribution in [0, 0.1) is 0 Å². The smallest absolute Gasteiger partial charge is 0.104 e. The van der Waals surface area contributed by atoms with E-state index in [2.05, 4.69) is 12.2 Å². The Labute approximate surface area is 140 Å². The third kappa shape index (κ3) is 18.0. The minimum atomic E-state index is -0.299. The maximum Gasteiger partial charge on any atom is 0.104 e. The molecule has 0 aliphatic carbocycles. The molecule has 0 aromatic rings. The number of aliphatic hydroxyl groups excluding tert-OH is 1. The minimum Gasteiger partial charge on any atom is -0.379 e. The third-order valence-electron chi connectivity index (χ3n) is 4.55. The van der Waals surface area contributed by atoms with Crippen molar-refractivity contribution >= 4 is 0 Å². The van der Waals surface area contributed by atoms with Crippen LogP contribution < -0.4 is 5.32 Å². The van der Waals surface area contributed by atoms with Crippen LogP contribution in [0.5, 0.6) is 0 Å². The van der Waals surface area contributed by atoms with Crippen molar-refractivity contribution in [2.75, 3.05) is 6.54 Å². The standard InChI is InChI=1S/C20H43NO/c1-3-5-6-7-8-9-10-11-12-13-14-15-16-17-18-19-21-20(22)4-2/h20-22H,3-19H2,1-2H3. The summed E-state index contributed by atoms with van der Waals surface area (Å²) in [6, 6.07) is 0. The number of rotatable bonds is 18. The minimum absolute atomic E-state index is 0.299. The summed E-state index contributed by atoms with van der Waals surface area (Å²) in [5.74, 6) is 0. The summed E-state index contributed by atoms with van der Waals surface area (Å²) in [6.45, 7) is 5.26. The van der Waals surface area contributed by atoms with Gasteiger partial charge in [-0.05, 0) is 19.4 Å². The van der Waals surface area contributed by atoms with Crippen LogP contribution in [0.3, 0.4) is 0 Å². The Hall–Kier alpha value is -0.0800. The molecule has 0 spiro atoms. The number of aliphatic hydroxyl groups is 1. The van der Waals surface area contributed by atoms with Gasteiger partial charge < -0.3 is 5.11 Å². The van der Waals surface area contributed by atoms with Gasteiger partial charge in [0.25, 0.3) is 0 Å². The predicted molar refractivity (Wildman–Crippen MR) is 99.2 cm³/mol. The van der Waals surface area contributed by atoms with Crippen molar-refractivity contribution in [3.05, 3.63) is 0 Å². The first-order valence-electron chi connectivity index (χ1n) is 10.2. The molecule has 1 atom stereocenters. The molecular formula is C20H43NO. The lowest BCUT2D eigenvalue weighted by Crippen LogP contribution is -2.28. The summed E-state index contributed by atoms with van der Waals surface area (Å²) in [5, 5.41) is 12.5. The fraction of sp³-hybridized carbons (Fsp3) is 1.00. The molecule has 0 saturated heterocycles. The van der Waals surface area contributed by atoms with Gasteiger partial charge >= 0.3 is 0 Å². The van der Waals surface area contributed by atoms with Crippen molar-refractivity contribution in [1.82, 2.24) is 5.32 Å². The molecule has 2 N–H and O–H groups in total. The molecule has 0 saturated carbocycles. The topological polar surface area (TPSA) is 32.3 Å². The van der Waals surface area contributed by atoms with E-state index in [9.17, 15) is 5.11 Å². The first-order chi connectivity index (χ1) is 10.8. The number of nitrogens with one attached hydrogen (secondary N) is 1. The van der Waals surface area contributed by atoms with Crippen molar-refractivity contribution in [2.45, 2.75) is 123 Å². The zero-order chi connectivity index (χ0) is 16.3. The molecule has 2 nitrogen and oxygen atoms in total. The third-order valence-corrected chi connectivity index (χ3v) is 4.55. The van der Waals surface area contributed by atoms with Gasteiger partial charge in [0.2, 0.25) is 0 Å². The summed E-state index contributed by atoms with van der Waals surface area (Å²) >= 11 is 0.